The summed E-state index contributed by atoms with van der Waals surface area (Å²) in [5, 5.41) is 0. The molecular weight excluding hydrogens is 200 g/mol. The van der Waals surface area contributed by atoms with E-state index in [0.29, 0.717) is 0 Å². The molecule has 0 aromatic heterocycles. The lowest BCUT2D eigenvalue weighted by Gasteiger charge is -2.03. The first kappa shape index (κ1) is 14.9. The third-order valence-corrected chi connectivity index (χ3v) is 1.95. The molecule has 0 aliphatic rings. The highest BCUT2D eigenvalue weighted by Gasteiger charge is 1.88. The van der Waals surface area contributed by atoms with Gasteiger partial charge < -0.3 is 9.80 Å². The molecule has 0 rings (SSSR count). The minimum Gasteiger partial charge on any atom is -0.369 e. The summed E-state index contributed by atoms with van der Waals surface area (Å²) in [4.78, 5) is 12.5. The molecule has 0 fully saturated rings. The maximum Gasteiger partial charge on any atom is 0.0844 e. The van der Waals surface area contributed by atoms with Crippen LogP contribution in [0, 0.1) is 0 Å². The smallest absolute Gasteiger partial charge is 0.0844 e. The molecule has 0 heterocycles. The minimum atomic E-state index is 0.944. The van der Waals surface area contributed by atoms with Crippen LogP contribution in [0.3, 0.4) is 0 Å². The average molecular weight is 226 g/mol. The van der Waals surface area contributed by atoms with Crippen LogP contribution < -0.4 is 0 Å². The first-order valence-electron chi connectivity index (χ1n) is 5.95. The predicted octanol–water partition coefficient (Wildman–Crippen LogP) is 1.73. The van der Waals surface area contributed by atoms with Crippen LogP contribution in [0.5, 0.6) is 0 Å². The van der Waals surface area contributed by atoms with Crippen molar-refractivity contribution in [1.29, 1.82) is 0 Å². The Morgan fingerprint density at radius 1 is 0.688 bits per heavy atom. The minimum absolute atomic E-state index is 0.944. The molecule has 0 aromatic carbocycles. The third-order valence-electron chi connectivity index (χ3n) is 1.95. The van der Waals surface area contributed by atoms with Crippen molar-refractivity contribution >= 4 is 12.7 Å². The summed E-state index contributed by atoms with van der Waals surface area (Å²) in [6, 6.07) is 0. The van der Waals surface area contributed by atoms with Gasteiger partial charge in [-0.25, -0.2) is 0 Å². The SMILES string of the molecule is CN(C)/C=N/CCCCCC/N=C/N(C)C. The fourth-order valence-electron chi connectivity index (χ4n) is 1.20. The summed E-state index contributed by atoms with van der Waals surface area (Å²) in [6.45, 7) is 1.89. The summed E-state index contributed by atoms with van der Waals surface area (Å²) in [5.74, 6) is 0. The largest absolute Gasteiger partial charge is 0.369 e. The molecule has 16 heavy (non-hydrogen) atoms. The van der Waals surface area contributed by atoms with Crippen LogP contribution in [0.4, 0.5) is 0 Å². The molecule has 0 saturated heterocycles. The van der Waals surface area contributed by atoms with E-state index >= 15 is 0 Å². The van der Waals surface area contributed by atoms with E-state index in [-0.39, 0.29) is 0 Å². The predicted molar refractivity (Wildman–Crippen MR) is 72.6 cm³/mol. The molecule has 0 radical (unpaired) electrons. The first-order chi connectivity index (χ1) is 7.63. The Labute approximate surface area is 100 Å². The Hall–Kier alpha value is -1.06. The second-order valence-corrected chi connectivity index (χ2v) is 4.38. The van der Waals surface area contributed by atoms with Gasteiger partial charge in [0.15, 0.2) is 0 Å². The summed E-state index contributed by atoms with van der Waals surface area (Å²) in [7, 11) is 7.97. The number of rotatable bonds is 9. The fourth-order valence-corrected chi connectivity index (χ4v) is 1.20. The van der Waals surface area contributed by atoms with E-state index in [1.165, 1.54) is 25.7 Å². The molecule has 0 aliphatic carbocycles. The second-order valence-electron chi connectivity index (χ2n) is 4.38. The van der Waals surface area contributed by atoms with Crippen LogP contribution in [-0.2, 0) is 0 Å². The highest BCUT2D eigenvalue weighted by atomic mass is 15.1. The highest BCUT2D eigenvalue weighted by Crippen LogP contribution is 1.99. The molecule has 0 spiro atoms. The summed E-state index contributed by atoms with van der Waals surface area (Å²) in [6.07, 6.45) is 8.62. The van der Waals surface area contributed by atoms with Gasteiger partial charge in [0, 0.05) is 41.3 Å². The fraction of sp³-hybridized carbons (Fsp3) is 0.833. The number of hydrogen-bond acceptors (Lipinski definition) is 2. The van der Waals surface area contributed by atoms with E-state index in [4.69, 9.17) is 0 Å². The van der Waals surface area contributed by atoms with E-state index in [9.17, 15) is 0 Å². The lowest BCUT2D eigenvalue weighted by atomic mass is 10.2. The molecule has 0 N–H and O–H groups in total. The molecule has 94 valence electrons. The van der Waals surface area contributed by atoms with E-state index in [1.54, 1.807) is 0 Å². The number of unbranched alkanes of at least 4 members (excludes halogenated alkanes) is 3. The number of hydrogen-bond donors (Lipinski definition) is 0. The molecule has 0 aromatic rings. The van der Waals surface area contributed by atoms with Crippen molar-refractivity contribution in [3.8, 4) is 0 Å². The molecule has 4 nitrogen and oxygen atoms in total. The lowest BCUT2D eigenvalue weighted by Crippen LogP contribution is -2.08. The quantitative estimate of drug-likeness (QED) is 0.340. The van der Waals surface area contributed by atoms with Crippen LogP contribution >= 0.6 is 0 Å². The lowest BCUT2D eigenvalue weighted by molar-refractivity contribution is 0.619. The Kier molecular flexibility index (Phi) is 9.76. The number of aliphatic imine (C=N–C) groups is 2. The van der Waals surface area contributed by atoms with Crippen LogP contribution in [-0.4, -0.2) is 63.8 Å². The van der Waals surface area contributed by atoms with Crippen molar-refractivity contribution in [3.63, 3.8) is 0 Å². The van der Waals surface area contributed by atoms with Crippen LogP contribution in [0.25, 0.3) is 0 Å². The number of nitrogens with zero attached hydrogens (tertiary/aromatic N) is 4. The molecule has 0 saturated carbocycles. The van der Waals surface area contributed by atoms with Gasteiger partial charge in [-0.1, -0.05) is 12.8 Å². The third kappa shape index (κ3) is 12.9. The van der Waals surface area contributed by atoms with Gasteiger partial charge in [0.2, 0.25) is 0 Å². The maximum atomic E-state index is 4.29. The zero-order valence-electron chi connectivity index (χ0n) is 11.2. The Morgan fingerprint density at radius 3 is 1.38 bits per heavy atom. The van der Waals surface area contributed by atoms with Crippen LogP contribution in [0.15, 0.2) is 9.98 Å². The van der Waals surface area contributed by atoms with E-state index in [0.717, 1.165) is 13.1 Å². The maximum absolute atomic E-state index is 4.29. The van der Waals surface area contributed by atoms with E-state index in [1.807, 2.05) is 50.7 Å². The van der Waals surface area contributed by atoms with Gasteiger partial charge in [-0.05, 0) is 12.8 Å². The van der Waals surface area contributed by atoms with Gasteiger partial charge in [-0.3, -0.25) is 9.98 Å². The van der Waals surface area contributed by atoms with Crippen molar-refractivity contribution in [2.24, 2.45) is 9.98 Å². The zero-order valence-corrected chi connectivity index (χ0v) is 11.2. The normalized spacial score (nSPS) is 11.5. The Bertz CT molecular complexity index is 175. The summed E-state index contributed by atoms with van der Waals surface area (Å²) >= 11 is 0. The van der Waals surface area contributed by atoms with Crippen LogP contribution in [0.1, 0.15) is 25.7 Å². The van der Waals surface area contributed by atoms with Gasteiger partial charge in [-0.15, -0.1) is 0 Å². The summed E-state index contributed by atoms with van der Waals surface area (Å²) in [5.41, 5.74) is 0. The molecular formula is C12H26N4. The van der Waals surface area contributed by atoms with Crippen LogP contribution in [0.2, 0.25) is 0 Å². The molecule has 0 atom stereocenters. The zero-order chi connectivity index (χ0) is 12.2. The molecule has 4 heteroatoms. The molecule has 0 unspecified atom stereocenters. The van der Waals surface area contributed by atoms with Gasteiger partial charge in [0.05, 0.1) is 12.7 Å². The van der Waals surface area contributed by atoms with Crippen molar-refractivity contribution in [1.82, 2.24) is 9.80 Å². The second kappa shape index (κ2) is 10.5. The highest BCUT2D eigenvalue weighted by molar-refractivity contribution is 5.53. The van der Waals surface area contributed by atoms with Crippen molar-refractivity contribution in [2.75, 3.05) is 41.3 Å². The Balaban J connectivity index is 3.16. The van der Waals surface area contributed by atoms with Gasteiger partial charge >= 0.3 is 0 Å². The summed E-state index contributed by atoms with van der Waals surface area (Å²) < 4.78 is 0. The van der Waals surface area contributed by atoms with E-state index in [2.05, 4.69) is 9.98 Å². The van der Waals surface area contributed by atoms with Gasteiger partial charge in [0.25, 0.3) is 0 Å². The monoisotopic (exact) mass is 226 g/mol. The van der Waals surface area contributed by atoms with Gasteiger partial charge in [-0.2, -0.15) is 0 Å². The topological polar surface area (TPSA) is 31.2 Å². The van der Waals surface area contributed by atoms with Crippen molar-refractivity contribution < 1.29 is 0 Å². The van der Waals surface area contributed by atoms with E-state index < -0.39 is 0 Å². The van der Waals surface area contributed by atoms with Crippen molar-refractivity contribution in [2.45, 2.75) is 25.7 Å². The first-order valence-corrected chi connectivity index (χ1v) is 5.95. The average Bonchev–Trinajstić information content (AvgIpc) is 2.20. The Morgan fingerprint density at radius 2 is 1.06 bits per heavy atom. The molecule has 0 aliphatic heterocycles. The molecule has 0 amide bonds. The van der Waals surface area contributed by atoms with Gasteiger partial charge in [0.1, 0.15) is 0 Å². The standard InChI is InChI=1S/C12H26N4/c1-15(2)11-13-9-7-5-6-8-10-14-12-16(3)4/h11-12H,5-10H2,1-4H3/b13-11+,14-12+. The van der Waals surface area contributed by atoms with Crippen molar-refractivity contribution in [3.05, 3.63) is 0 Å². The molecule has 0 bridgehead atoms.